The average molecular weight is 521 g/mol. The van der Waals surface area contributed by atoms with Gasteiger partial charge >= 0.3 is 0 Å². The highest BCUT2D eigenvalue weighted by Gasteiger charge is 2.82. The molecule has 3 aliphatic rings. The van der Waals surface area contributed by atoms with E-state index in [4.69, 9.17) is 4.74 Å². The van der Waals surface area contributed by atoms with E-state index in [-0.39, 0.29) is 19.3 Å². The SMILES string of the molecule is CC(C)(O)CCOc1ccc(C23CC(C(F)(F)[C@](O)(Cn4cnnn4)c4ccc(F)cc4F)(C2)C3)cc1. The molecule has 0 saturated heterocycles. The van der Waals surface area contributed by atoms with Gasteiger partial charge in [-0.1, -0.05) is 12.1 Å². The van der Waals surface area contributed by atoms with Gasteiger partial charge in [0.15, 0.2) is 5.60 Å². The number of aromatic nitrogens is 4. The van der Waals surface area contributed by atoms with Gasteiger partial charge in [0.25, 0.3) is 5.92 Å². The Morgan fingerprint density at radius 3 is 2.27 bits per heavy atom. The van der Waals surface area contributed by atoms with Crippen molar-refractivity contribution in [3.05, 3.63) is 71.6 Å². The highest BCUT2D eigenvalue weighted by atomic mass is 19.3. The first-order chi connectivity index (χ1) is 17.3. The van der Waals surface area contributed by atoms with Crippen LogP contribution in [0.3, 0.4) is 0 Å². The molecule has 3 saturated carbocycles. The number of halogens is 4. The number of ether oxygens (including phenoxy) is 1. The van der Waals surface area contributed by atoms with E-state index >= 15 is 8.78 Å². The summed E-state index contributed by atoms with van der Waals surface area (Å²) in [7, 11) is 0. The smallest absolute Gasteiger partial charge is 0.287 e. The van der Waals surface area contributed by atoms with Gasteiger partial charge in [-0.25, -0.2) is 22.2 Å². The lowest BCUT2D eigenvalue weighted by molar-refractivity contribution is -0.347. The summed E-state index contributed by atoms with van der Waals surface area (Å²) >= 11 is 0. The normalized spacial score (nSPS) is 24.6. The van der Waals surface area contributed by atoms with E-state index in [1.165, 1.54) is 0 Å². The van der Waals surface area contributed by atoms with Crippen LogP contribution in [0.4, 0.5) is 17.6 Å². The minimum atomic E-state index is -3.77. The highest BCUT2D eigenvalue weighted by Crippen LogP contribution is 2.80. The van der Waals surface area contributed by atoms with Crippen molar-refractivity contribution in [2.45, 2.75) is 68.6 Å². The van der Waals surface area contributed by atoms with Crippen LogP contribution in [0.1, 0.15) is 50.7 Å². The van der Waals surface area contributed by atoms with E-state index in [1.807, 2.05) is 12.1 Å². The molecule has 6 rings (SSSR count). The Morgan fingerprint density at radius 2 is 1.70 bits per heavy atom. The van der Waals surface area contributed by atoms with Gasteiger partial charge in [0.1, 0.15) is 23.7 Å². The number of nitrogens with zero attached hydrogens (tertiary/aromatic N) is 4. The third-order valence-corrected chi connectivity index (χ3v) is 7.82. The quantitative estimate of drug-likeness (QED) is 0.391. The van der Waals surface area contributed by atoms with Crippen molar-refractivity contribution in [1.29, 1.82) is 0 Å². The van der Waals surface area contributed by atoms with Gasteiger partial charge in [-0.05, 0) is 78.8 Å². The topological polar surface area (TPSA) is 93.3 Å². The molecule has 2 aromatic carbocycles. The lowest BCUT2D eigenvalue weighted by Gasteiger charge is -2.74. The van der Waals surface area contributed by atoms with Crippen molar-refractivity contribution in [3.63, 3.8) is 0 Å². The maximum Gasteiger partial charge on any atom is 0.287 e. The average Bonchev–Trinajstić information content (AvgIpc) is 3.24. The molecule has 1 aromatic heterocycles. The van der Waals surface area contributed by atoms with Crippen LogP contribution in [0.25, 0.3) is 0 Å². The van der Waals surface area contributed by atoms with Crippen molar-refractivity contribution in [1.82, 2.24) is 20.2 Å². The van der Waals surface area contributed by atoms with E-state index < -0.39 is 51.7 Å². The van der Waals surface area contributed by atoms with Crippen LogP contribution in [0, 0.1) is 17.0 Å². The standard InChI is InChI=1S/C26H28F4N4O3/c1-22(2,35)9-10-37-19-6-3-17(4-7-19)23-12-24(13-23,14-23)26(29,30)25(36,15-34-16-31-32-33-34)20-8-5-18(27)11-21(20)28/h3-8,11,16,35-36H,9-10,12-15H2,1-2H3/t23?,24?,25-/m0/s1. The second-order valence-electron chi connectivity index (χ2n) is 11.1. The van der Waals surface area contributed by atoms with Gasteiger partial charge in [0, 0.05) is 23.5 Å². The highest BCUT2D eigenvalue weighted by molar-refractivity contribution is 5.44. The van der Waals surface area contributed by atoms with E-state index in [0.29, 0.717) is 24.8 Å². The molecule has 1 atom stereocenters. The fraction of sp³-hybridized carbons (Fsp3) is 0.500. The number of aliphatic hydroxyl groups is 2. The third kappa shape index (κ3) is 4.17. The number of rotatable bonds is 10. The van der Waals surface area contributed by atoms with Crippen LogP contribution in [-0.2, 0) is 17.6 Å². The molecule has 3 fully saturated rings. The molecule has 198 valence electrons. The summed E-state index contributed by atoms with van der Waals surface area (Å²) in [5.74, 6) is -5.36. The van der Waals surface area contributed by atoms with Crippen molar-refractivity contribution >= 4 is 0 Å². The molecule has 0 unspecified atom stereocenters. The Kier molecular flexibility index (Phi) is 5.87. The van der Waals surface area contributed by atoms with Gasteiger partial charge in [-0.3, -0.25) is 0 Å². The number of alkyl halides is 2. The second-order valence-corrected chi connectivity index (χ2v) is 11.1. The van der Waals surface area contributed by atoms with E-state index in [9.17, 15) is 19.0 Å². The van der Waals surface area contributed by atoms with Crippen LogP contribution < -0.4 is 4.74 Å². The molecule has 3 aromatic rings. The number of hydrogen-bond donors (Lipinski definition) is 2. The Morgan fingerprint density at radius 1 is 1.03 bits per heavy atom. The van der Waals surface area contributed by atoms with E-state index in [0.717, 1.165) is 28.7 Å². The first kappa shape index (κ1) is 25.6. The fourth-order valence-corrected chi connectivity index (χ4v) is 5.85. The zero-order valence-electron chi connectivity index (χ0n) is 20.5. The molecule has 11 heteroatoms. The fourth-order valence-electron chi connectivity index (χ4n) is 5.85. The largest absolute Gasteiger partial charge is 0.493 e. The van der Waals surface area contributed by atoms with Crippen molar-refractivity contribution in [3.8, 4) is 5.75 Å². The Balaban J connectivity index is 1.36. The molecule has 0 aliphatic heterocycles. The van der Waals surface area contributed by atoms with Crippen molar-refractivity contribution in [2.24, 2.45) is 5.41 Å². The molecule has 37 heavy (non-hydrogen) atoms. The van der Waals surface area contributed by atoms with E-state index in [2.05, 4.69) is 15.5 Å². The molecule has 0 amide bonds. The predicted molar refractivity (Wildman–Crippen MR) is 124 cm³/mol. The van der Waals surface area contributed by atoms with Gasteiger partial charge in [-0.15, -0.1) is 5.10 Å². The first-order valence-electron chi connectivity index (χ1n) is 12.0. The molecule has 2 N–H and O–H groups in total. The lowest BCUT2D eigenvalue weighted by Crippen LogP contribution is -2.76. The van der Waals surface area contributed by atoms with Crippen LogP contribution in [0.5, 0.6) is 5.75 Å². The predicted octanol–water partition coefficient (Wildman–Crippen LogP) is 4.14. The summed E-state index contributed by atoms with van der Waals surface area (Å²) in [5, 5.41) is 31.6. The van der Waals surface area contributed by atoms with Gasteiger partial charge < -0.3 is 14.9 Å². The van der Waals surface area contributed by atoms with E-state index in [1.54, 1.807) is 26.0 Å². The minimum absolute atomic E-state index is 0.104. The Hall–Kier alpha value is -3.05. The molecule has 7 nitrogen and oxygen atoms in total. The molecule has 2 bridgehead atoms. The number of benzene rings is 2. The Labute approximate surface area is 211 Å². The summed E-state index contributed by atoms with van der Waals surface area (Å²) in [5.41, 5.74) is -5.69. The zero-order chi connectivity index (χ0) is 26.7. The number of hydrogen-bond acceptors (Lipinski definition) is 6. The number of tetrazole rings is 1. The zero-order valence-corrected chi connectivity index (χ0v) is 20.5. The summed E-state index contributed by atoms with van der Waals surface area (Å²) < 4.78 is 67.4. The van der Waals surface area contributed by atoms with Crippen LogP contribution in [0.2, 0.25) is 0 Å². The monoisotopic (exact) mass is 520 g/mol. The third-order valence-electron chi connectivity index (χ3n) is 7.82. The van der Waals surface area contributed by atoms with Crippen LogP contribution in [-0.4, -0.2) is 48.6 Å². The summed E-state index contributed by atoms with van der Waals surface area (Å²) in [6.07, 6.45) is 1.82. The molecule has 3 aliphatic carbocycles. The maximum atomic E-state index is 16.3. The Bertz CT molecular complexity index is 1260. The van der Waals surface area contributed by atoms with Crippen molar-refractivity contribution < 1.29 is 32.5 Å². The molecular formula is C26H28F4N4O3. The summed E-state index contributed by atoms with van der Waals surface area (Å²) in [6.45, 7) is 2.93. The summed E-state index contributed by atoms with van der Waals surface area (Å²) in [4.78, 5) is 0. The second kappa shape index (κ2) is 8.49. The van der Waals surface area contributed by atoms with Crippen LogP contribution in [0.15, 0.2) is 48.8 Å². The minimum Gasteiger partial charge on any atom is -0.493 e. The van der Waals surface area contributed by atoms with Gasteiger partial charge in [0.2, 0.25) is 0 Å². The summed E-state index contributed by atoms with van der Waals surface area (Å²) in [6, 6.07) is 9.39. The van der Waals surface area contributed by atoms with Crippen LogP contribution >= 0.6 is 0 Å². The van der Waals surface area contributed by atoms with Gasteiger partial charge in [-0.2, -0.15) is 0 Å². The molecule has 0 spiro atoms. The molecule has 0 radical (unpaired) electrons. The van der Waals surface area contributed by atoms with Crippen molar-refractivity contribution in [2.75, 3.05) is 6.61 Å². The molecular weight excluding hydrogens is 492 g/mol. The maximum absolute atomic E-state index is 16.3. The first-order valence-corrected chi connectivity index (χ1v) is 12.0. The lowest BCUT2D eigenvalue weighted by atomic mass is 9.30. The molecule has 1 heterocycles. The van der Waals surface area contributed by atoms with Gasteiger partial charge in [0.05, 0.1) is 18.8 Å².